The number of carbonyl (C=O) groups excluding carboxylic acids is 1. The number of aromatic nitrogens is 1. The Morgan fingerprint density at radius 3 is 2.37 bits per heavy atom. The third-order valence-corrected chi connectivity index (χ3v) is 6.08. The highest BCUT2D eigenvalue weighted by molar-refractivity contribution is 7.90. The second-order valence-electron chi connectivity index (χ2n) is 6.11. The maximum atomic E-state index is 12.6. The Labute approximate surface area is 159 Å². The number of hydrogen-bond acceptors (Lipinski definition) is 6. The highest BCUT2D eigenvalue weighted by atomic mass is 32.2. The van der Waals surface area contributed by atoms with E-state index in [0.717, 1.165) is 11.8 Å². The summed E-state index contributed by atoms with van der Waals surface area (Å²) in [5.74, 6) is -0.775. The van der Waals surface area contributed by atoms with Gasteiger partial charge in [-0.25, -0.2) is 21.8 Å². The van der Waals surface area contributed by atoms with Crippen LogP contribution in [0.4, 0.5) is 5.82 Å². The topological polar surface area (TPSA) is 122 Å². The Hall–Kier alpha value is -2.30. The highest BCUT2D eigenvalue weighted by Gasteiger charge is 2.27. The molecule has 0 aliphatic rings. The van der Waals surface area contributed by atoms with E-state index in [-0.39, 0.29) is 22.9 Å². The smallest absolute Gasteiger partial charge is 0.243 e. The number of sulfone groups is 1. The van der Waals surface area contributed by atoms with Crippen LogP contribution in [0.3, 0.4) is 0 Å². The van der Waals surface area contributed by atoms with Crippen LogP contribution in [0.15, 0.2) is 53.6 Å². The van der Waals surface area contributed by atoms with E-state index in [1.807, 2.05) is 6.92 Å². The maximum absolute atomic E-state index is 12.6. The number of sulfonamides is 1. The zero-order valence-electron chi connectivity index (χ0n) is 14.9. The number of anilines is 1. The molecule has 1 amide bonds. The van der Waals surface area contributed by atoms with E-state index in [4.69, 9.17) is 0 Å². The SMILES string of the molecule is Cc1ccnc(NC(=O)[C@H](CCS(C)(=O)=O)NS(=O)(=O)c2ccccc2)c1. The van der Waals surface area contributed by atoms with Gasteiger partial charge in [-0.3, -0.25) is 4.79 Å². The van der Waals surface area contributed by atoms with Crippen LogP contribution < -0.4 is 10.0 Å². The number of pyridine rings is 1. The predicted molar refractivity (Wildman–Crippen MR) is 102 cm³/mol. The van der Waals surface area contributed by atoms with Crippen LogP contribution in [0.5, 0.6) is 0 Å². The van der Waals surface area contributed by atoms with Crippen LogP contribution in [0, 0.1) is 6.92 Å². The second-order valence-corrected chi connectivity index (χ2v) is 10.1. The maximum Gasteiger partial charge on any atom is 0.243 e. The number of amides is 1. The molecule has 1 heterocycles. The standard InChI is InChI=1S/C17H21N3O5S2/c1-13-8-10-18-16(12-13)19-17(21)15(9-11-26(2,22)23)20-27(24,25)14-6-4-3-5-7-14/h3-8,10,12,15,20H,9,11H2,1-2H3,(H,18,19,21)/t15-/m0/s1. The molecule has 1 aromatic carbocycles. The molecule has 27 heavy (non-hydrogen) atoms. The fourth-order valence-electron chi connectivity index (χ4n) is 2.25. The van der Waals surface area contributed by atoms with Gasteiger partial charge in [-0.1, -0.05) is 18.2 Å². The summed E-state index contributed by atoms with van der Waals surface area (Å²) in [6.07, 6.45) is 2.32. The van der Waals surface area contributed by atoms with E-state index < -0.39 is 31.8 Å². The van der Waals surface area contributed by atoms with Gasteiger partial charge in [0.15, 0.2) is 0 Å². The number of rotatable bonds is 8. The Morgan fingerprint density at radius 1 is 1.11 bits per heavy atom. The first-order valence-corrected chi connectivity index (χ1v) is 11.6. The molecule has 0 unspecified atom stereocenters. The first kappa shape index (κ1) is 21.0. The summed E-state index contributed by atoms with van der Waals surface area (Å²) in [5.41, 5.74) is 0.859. The van der Waals surface area contributed by atoms with E-state index in [9.17, 15) is 21.6 Å². The van der Waals surface area contributed by atoms with Gasteiger partial charge >= 0.3 is 0 Å². The van der Waals surface area contributed by atoms with E-state index in [2.05, 4.69) is 15.0 Å². The van der Waals surface area contributed by atoms with Gasteiger partial charge in [0.05, 0.1) is 10.6 Å². The van der Waals surface area contributed by atoms with Crippen molar-refractivity contribution in [3.05, 3.63) is 54.2 Å². The van der Waals surface area contributed by atoms with Crippen molar-refractivity contribution in [2.75, 3.05) is 17.3 Å². The molecule has 0 aliphatic heterocycles. The molecule has 0 aliphatic carbocycles. The number of aryl methyl sites for hydroxylation is 1. The summed E-state index contributed by atoms with van der Waals surface area (Å²) in [5, 5.41) is 2.52. The highest BCUT2D eigenvalue weighted by Crippen LogP contribution is 2.12. The average molecular weight is 412 g/mol. The van der Waals surface area contributed by atoms with Crippen LogP contribution in [-0.2, 0) is 24.7 Å². The number of nitrogens with one attached hydrogen (secondary N) is 2. The second kappa shape index (κ2) is 8.59. The lowest BCUT2D eigenvalue weighted by Crippen LogP contribution is -2.44. The van der Waals surface area contributed by atoms with Crippen molar-refractivity contribution in [1.29, 1.82) is 0 Å². The molecule has 2 rings (SSSR count). The normalized spacial score (nSPS) is 13.1. The van der Waals surface area contributed by atoms with Gasteiger partial charge in [-0.2, -0.15) is 4.72 Å². The first-order chi connectivity index (χ1) is 12.6. The van der Waals surface area contributed by atoms with Gasteiger partial charge in [0.2, 0.25) is 15.9 Å². The molecule has 0 radical (unpaired) electrons. The Kier molecular flexibility index (Phi) is 6.68. The summed E-state index contributed by atoms with van der Waals surface area (Å²) >= 11 is 0. The Morgan fingerprint density at radius 2 is 1.78 bits per heavy atom. The molecule has 8 nitrogen and oxygen atoms in total. The Bertz CT molecular complexity index is 1010. The summed E-state index contributed by atoms with van der Waals surface area (Å²) in [7, 11) is -7.38. The van der Waals surface area contributed by atoms with E-state index in [0.29, 0.717) is 0 Å². The number of carbonyl (C=O) groups is 1. The molecule has 0 spiro atoms. The van der Waals surface area contributed by atoms with Crippen LogP contribution in [0.1, 0.15) is 12.0 Å². The molecular weight excluding hydrogens is 390 g/mol. The Balaban J connectivity index is 2.23. The van der Waals surface area contributed by atoms with Crippen molar-refractivity contribution in [3.8, 4) is 0 Å². The fourth-order valence-corrected chi connectivity index (χ4v) is 4.16. The summed E-state index contributed by atoms with van der Waals surface area (Å²) in [4.78, 5) is 16.6. The number of nitrogens with zero attached hydrogens (tertiary/aromatic N) is 1. The molecular formula is C17H21N3O5S2. The molecule has 0 bridgehead atoms. The van der Waals surface area contributed by atoms with Crippen molar-refractivity contribution in [2.24, 2.45) is 0 Å². The molecule has 2 aromatic rings. The molecule has 0 fully saturated rings. The van der Waals surface area contributed by atoms with Gasteiger partial charge in [-0.05, 0) is 43.2 Å². The van der Waals surface area contributed by atoms with Crippen LogP contribution >= 0.6 is 0 Å². The zero-order valence-corrected chi connectivity index (χ0v) is 16.5. The van der Waals surface area contributed by atoms with E-state index in [1.54, 1.807) is 30.3 Å². The lowest BCUT2D eigenvalue weighted by molar-refractivity contribution is -0.117. The lowest BCUT2D eigenvalue weighted by Gasteiger charge is -2.18. The average Bonchev–Trinajstić information content (AvgIpc) is 2.58. The third-order valence-electron chi connectivity index (χ3n) is 3.61. The summed E-state index contributed by atoms with van der Waals surface area (Å²) in [6, 6.07) is 9.63. The van der Waals surface area contributed by atoms with Gasteiger partial charge < -0.3 is 5.32 Å². The molecule has 1 aromatic heterocycles. The van der Waals surface area contributed by atoms with Gasteiger partial charge in [0.1, 0.15) is 21.7 Å². The minimum atomic E-state index is -4.00. The van der Waals surface area contributed by atoms with E-state index >= 15 is 0 Å². The van der Waals surface area contributed by atoms with Crippen molar-refractivity contribution >= 4 is 31.6 Å². The van der Waals surface area contributed by atoms with Crippen molar-refractivity contribution < 1.29 is 21.6 Å². The number of hydrogen-bond donors (Lipinski definition) is 2. The lowest BCUT2D eigenvalue weighted by atomic mass is 10.2. The molecule has 0 saturated carbocycles. The van der Waals surface area contributed by atoms with Crippen molar-refractivity contribution in [3.63, 3.8) is 0 Å². The fraction of sp³-hybridized carbons (Fsp3) is 0.294. The van der Waals surface area contributed by atoms with Gasteiger partial charge in [0, 0.05) is 12.5 Å². The van der Waals surface area contributed by atoms with Crippen molar-refractivity contribution in [1.82, 2.24) is 9.71 Å². The molecule has 10 heteroatoms. The molecule has 1 atom stereocenters. The van der Waals surface area contributed by atoms with Gasteiger partial charge in [0.25, 0.3) is 0 Å². The predicted octanol–water partition coefficient (Wildman–Crippen LogP) is 1.11. The van der Waals surface area contributed by atoms with Gasteiger partial charge in [-0.15, -0.1) is 0 Å². The summed E-state index contributed by atoms with van der Waals surface area (Å²) in [6.45, 7) is 1.82. The minimum absolute atomic E-state index is 0.0177. The number of benzene rings is 1. The minimum Gasteiger partial charge on any atom is -0.309 e. The third kappa shape index (κ3) is 6.74. The largest absolute Gasteiger partial charge is 0.309 e. The monoisotopic (exact) mass is 411 g/mol. The summed E-state index contributed by atoms with van der Waals surface area (Å²) < 4.78 is 50.3. The first-order valence-electron chi connectivity index (χ1n) is 8.05. The molecule has 2 N–H and O–H groups in total. The molecule has 0 saturated heterocycles. The van der Waals surface area contributed by atoms with E-state index in [1.165, 1.54) is 18.3 Å². The zero-order chi connectivity index (χ0) is 20.1. The van der Waals surface area contributed by atoms with Crippen LogP contribution in [0.25, 0.3) is 0 Å². The van der Waals surface area contributed by atoms with Crippen molar-refractivity contribution in [2.45, 2.75) is 24.3 Å². The molecule has 146 valence electrons. The van der Waals surface area contributed by atoms with Crippen LogP contribution in [0.2, 0.25) is 0 Å². The quantitative estimate of drug-likeness (QED) is 0.671. The van der Waals surface area contributed by atoms with Crippen LogP contribution in [-0.4, -0.2) is 45.8 Å².